The lowest BCUT2D eigenvalue weighted by Crippen LogP contribution is -2.33. The molecule has 0 aliphatic carbocycles. The van der Waals surface area contributed by atoms with Gasteiger partial charge in [0.1, 0.15) is 12.2 Å². The number of hydrogen-bond donors (Lipinski definition) is 0. The molecule has 0 unspecified atom stereocenters. The van der Waals surface area contributed by atoms with Gasteiger partial charge in [-0.05, 0) is 37.6 Å². The zero-order valence-corrected chi connectivity index (χ0v) is 17.8. The number of nitrogens with zero attached hydrogens (tertiary/aromatic N) is 3. The second-order valence-electron chi connectivity index (χ2n) is 7.24. The van der Waals surface area contributed by atoms with Gasteiger partial charge in [-0.15, -0.1) is 0 Å². The van der Waals surface area contributed by atoms with Crippen LogP contribution in [0.5, 0.6) is 0 Å². The van der Waals surface area contributed by atoms with Crippen molar-refractivity contribution in [2.24, 2.45) is 0 Å². The van der Waals surface area contributed by atoms with Crippen molar-refractivity contribution in [3.05, 3.63) is 87.2 Å². The number of carbonyl (C=O) groups excluding carboxylic acids is 3. The van der Waals surface area contributed by atoms with Crippen LogP contribution < -0.4 is 0 Å². The van der Waals surface area contributed by atoms with E-state index in [1.807, 2.05) is 18.2 Å². The number of carbonyl (C=O) groups is 3. The van der Waals surface area contributed by atoms with Gasteiger partial charge in [0.2, 0.25) is 0 Å². The van der Waals surface area contributed by atoms with Gasteiger partial charge in [-0.25, -0.2) is 4.79 Å². The summed E-state index contributed by atoms with van der Waals surface area (Å²) in [4.78, 5) is 38.6. The first-order valence-corrected chi connectivity index (χ1v) is 10.2. The van der Waals surface area contributed by atoms with E-state index in [4.69, 9.17) is 16.3 Å². The van der Waals surface area contributed by atoms with Gasteiger partial charge in [0.15, 0.2) is 0 Å². The van der Waals surface area contributed by atoms with Crippen molar-refractivity contribution in [1.29, 1.82) is 0 Å². The van der Waals surface area contributed by atoms with Crippen molar-refractivity contribution in [2.75, 3.05) is 13.2 Å². The van der Waals surface area contributed by atoms with Crippen molar-refractivity contribution in [3.8, 4) is 0 Å². The highest BCUT2D eigenvalue weighted by Gasteiger charge is 2.35. The van der Waals surface area contributed by atoms with Crippen LogP contribution in [0.3, 0.4) is 0 Å². The first kappa shape index (κ1) is 20.8. The van der Waals surface area contributed by atoms with E-state index < -0.39 is 5.97 Å². The Morgan fingerprint density at radius 3 is 2.26 bits per heavy atom. The molecule has 1 aromatic heterocycles. The van der Waals surface area contributed by atoms with Crippen molar-refractivity contribution in [2.45, 2.75) is 20.4 Å². The van der Waals surface area contributed by atoms with Crippen molar-refractivity contribution in [3.63, 3.8) is 0 Å². The average Bonchev–Trinajstić information content (AvgIpc) is 3.17. The molecule has 0 radical (unpaired) electrons. The maximum absolute atomic E-state index is 12.7. The largest absolute Gasteiger partial charge is 0.460 e. The van der Waals surface area contributed by atoms with Gasteiger partial charge in [-0.1, -0.05) is 41.9 Å². The molecule has 1 aliphatic heterocycles. The molecule has 0 saturated carbocycles. The Kier molecular flexibility index (Phi) is 5.61. The minimum atomic E-state index is -0.544. The summed E-state index contributed by atoms with van der Waals surface area (Å²) < 4.78 is 7.08. The molecule has 0 N–H and O–H groups in total. The molecule has 2 amide bonds. The predicted molar refractivity (Wildman–Crippen MR) is 114 cm³/mol. The van der Waals surface area contributed by atoms with Gasteiger partial charge in [0, 0.05) is 5.02 Å². The van der Waals surface area contributed by atoms with Crippen molar-refractivity contribution >= 4 is 29.4 Å². The third kappa shape index (κ3) is 3.84. The van der Waals surface area contributed by atoms with Gasteiger partial charge in [0.05, 0.1) is 35.6 Å². The summed E-state index contributed by atoms with van der Waals surface area (Å²) in [6.45, 7) is 3.84. The van der Waals surface area contributed by atoms with Crippen LogP contribution in [0.4, 0.5) is 0 Å². The summed E-state index contributed by atoms with van der Waals surface area (Å²) >= 11 is 6.23. The highest BCUT2D eigenvalue weighted by atomic mass is 35.5. The lowest BCUT2D eigenvalue weighted by atomic mass is 10.1. The van der Waals surface area contributed by atoms with Crippen LogP contribution in [0.15, 0.2) is 48.5 Å². The standard InChI is InChI=1S/C23H20ClN3O4/c1-14-20(15(2)27(25-14)13-16-7-3-6-10-19(16)24)23(30)31-12-11-26-21(28)17-8-4-5-9-18(17)22(26)29/h3-10H,11-13H2,1-2H3. The molecule has 0 atom stereocenters. The summed E-state index contributed by atoms with van der Waals surface area (Å²) in [7, 11) is 0. The van der Waals surface area contributed by atoms with Crippen LogP contribution in [0, 0.1) is 13.8 Å². The highest BCUT2D eigenvalue weighted by Crippen LogP contribution is 2.23. The van der Waals surface area contributed by atoms with Crippen LogP contribution in [-0.2, 0) is 11.3 Å². The Morgan fingerprint density at radius 2 is 1.61 bits per heavy atom. The molecule has 3 aromatic rings. The van der Waals surface area contributed by atoms with Crippen LogP contribution in [0.1, 0.15) is 48.0 Å². The van der Waals surface area contributed by atoms with Crippen LogP contribution in [-0.4, -0.2) is 45.6 Å². The normalized spacial score (nSPS) is 12.9. The zero-order chi connectivity index (χ0) is 22.1. The minimum Gasteiger partial charge on any atom is -0.460 e. The lowest BCUT2D eigenvalue weighted by molar-refractivity contribution is 0.0419. The topological polar surface area (TPSA) is 81.5 Å². The Balaban J connectivity index is 1.42. The van der Waals surface area contributed by atoms with Gasteiger partial charge in [0.25, 0.3) is 11.8 Å². The number of halogens is 1. The monoisotopic (exact) mass is 437 g/mol. The first-order chi connectivity index (χ1) is 14.9. The quantitative estimate of drug-likeness (QED) is 0.434. The molecule has 0 fully saturated rings. The predicted octanol–water partition coefficient (Wildman–Crippen LogP) is 3.65. The highest BCUT2D eigenvalue weighted by molar-refractivity contribution is 6.31. The maximum atomic E-state index is 12.7. The van der Waals surface area contributed by atoms with Crippen LogP contribution in [0.25, 0.3) is 0 Å². The molecule has 158 valence electrons. The number of rotatable bonds is 6. The number of ether oxygens (including phenoxy) is 1. The fraction of sp³-hybridized carbons (Fsp3) is 0.217. The van der Waals surface area contributed by atoms with Crippen LogP contribution in [0.2, 0.25) is 5.02 Å². The molecule has 2 aromatic carbocycles. The van der Waals surface area contributed by atoms with E-state index >= 15 is 0 Å². The number of aromatic nitrogens is 2. The molecule has 7 nitrogen and oxygen atoms in total. The van der Waals surface area contributed by atoms with Gasteiger partial charge >= 0.3 is 5.97 Å². The third-order valence-corrected chi connectivity index (χ3v) is 5.66. The molecule has 0 saturated heterocycles. The smallest absolute Gasteiger partial charge is 0.341 e. The SMILES string of the molecule is Cc1nn(Cc2ccccc2Cl)c(C)c1C(=O)OCCN1C(=O)c2ccccc2C1=O. The number of benzene rings is 2. The summed E-state index contributed by atoms with van der Waals surface area (Å²) in [5.41, 5.74) is 3.19. The fourth-order valence-corrected chi connectivity index (χ4v) is 3.87. The van der Waals surface area contributed by atoms with E-state index in [-0.39, 0.29) is 25.0 Å². The second-order valence-corrected chi connectivity index (χ2v) is 7.65. The van der Waals surface area contributed by atoms with Crippen LogP contribution >= 0.6 is 11.6 Å². The minimum absolute atomic E-state index is 0.00998. The lowest BCUT2D eigenvalue weighted by Gasteiger charge is -2.14. The fourth-order valence-electron chi connectivity index (χ4n) is 3.68. The van der Waals surface area contributed by atoms with E-state index in [9.17, 15) is 14.4 Å². The second kappa shape index (κ2) is 8.35. The molecule has 31 heavy (non-hydrogen) atoms. The molecule has 1 aliphatic rings. The summed E-state index contributed by atoms with van der Waals surface area (Å²) in [6, 6.07) is 14.1. The average molecular weight is 438 g/mol. The molecule has 2 heterocycles. The molecule has 0 bridgehead atoms. The Hall–Kier alpha value is -3.45. The van der Waals surface area contributed by atoms with E-state index in [1.54, 1.807) is 48.9 Å². The molecular formula is C23H20ClN3O4. The number of hydrogen-bond acceptors (Lipinski definition) is 5. The number of amides is 2. The number of esters is 1. The summed E-state index contributed by atoms with van der Waals surface area (Å²) in [5, 5.41) is 5.07. The molecule has 8 heteroatoms. The molecule has 4 rings (SSSR count). The zero-order valence-electron chi connectivity index (χ0n) is 17.1. The van der Waals surface area contributed by atoms with Crippen molar-refractivity contribution < 1.29 is 19.1 Å². The van der Waals surface area contributed by atoms with E-state index in [1.165, 1.54) is 0 Å². The van der Waals surface area contributed by atoms with E-state index in [0.29, 0.717) is 39.6 Å². The van der Waals surface area contributed by atoms with Crippen molar-refractivity contribution in [1.82, 2.24) is 14.7 Å². The summed E-state index contributed by atoms with van der Waals surface area (Å²) in [5.74, 6) is -1.30. The van der Waals surface area contributed by atoms with Gasteiger partial charge in [-0.3, -0.25) is 19.2 Å². The maximum Gasteiger partial charge on any atom is 0.341 e. The first-order valence-electron chi connectivity index (χ1n) is 9.78. The van der Waals surface area contributed by atoms with E-state index in [2.05, 4.69) is 5.10 Å². The number of fused-ring (bicyclic) bond motifs is 1. The number of aryl methyl sites for hydroxylation is 1. The van der Waals surface area contributed by atoms with Gasteiger partial charge in [-0.2, -0.15) is 5.10 Å². The van der Waals surface area contributed by atoms with Gasteiger partial charge < -0.3 is 4.74 Å². The Bertz CT molecular complexity index is 1170. The Labute approximate surface area is 184 Å². The number of imide groups is 1. The summed E-state index contributed by atoms with van der Waals surface area (Å²) in [6.07, 6.45) is 0. The van der Waals surface area contributed by atoms with E-state index in [0.717, 1.165) is 10.5 Å². The Morgan fingerprint density at radius 1 is 1.00 bits per heavy atom. The third-order valence-electron chi connectivity index (χ3n) is 5.29. The molecule has 0 spiro atoms. The molecular weight excluding hydrogens is 418 g/mol.